The Labute approximate surface area is 122 Å². The summed E-state index contributed by atoms with van der Waals surface area (Å²) in [5.41, 5.74) is 5.46. The number of nitrogens with two attached hydrogens (primary N) is 1. The number of rotatable bonds is 9. The number of carboxylic acids is 1. The van der Waals surface area contributed by atoms with Crippen molar-refractivity contribution < 1.29 is 14.7 Å². The molecule has 5 heteroatoms. The van der Waals surface area contributed by atoms with Crippen molar-refractivity contribution in [1.29, 1.82) is 0 Å². The minimum absolute atomic E-state index is 0.0137. The van der Waals surface area contributed by atoms with Gasteiger partial charge in [0.25, 0.3) is 0 Å². The number of carbonyl (C=O) groups excluding carboxylic acids is 1. The normalized spacial score (nSPS) is 14.7. The lowest BCUT2D eigenvalue weighted by Crippen LogP contribution is -2.39. The summed E-state index contributed by atoms with van der Waals surface area (Å²) in [5, 5.41) is 11.8. The van der Waals surface area contributed by atoms with E-state index >= 15 is 0 Å². The second-order valence-corrected chi connectivity index (χ2v) is 6.85. The Morgan fingerprint density at radius 3 is 2.30 bits per heavy atom. The molecule has 5 nitrogen and oxygen atoms in total. The van der Waals surface area contributed by atoms with Gasteiger partial charge in [0.2, 0.25) is 5.91 Å². The standard InChI is InChI=1S/C15H30N2O3/c1-11(7-8-16)5-6-13(18)17-12(9-14(19)20)10-15(2,3)4/h11-12H,5-10,16H2,1-4H3,(H,17,18)(H,19,20). The lowest BCUT2D eigenvalue weighted by Gasteiger charge is -2.26. The lowest BCUT2D eigenvalue weighted by molar-refractivity contribution is -0.137. The maximum Gasteiger partial charge on any atom is 0.305 e. The number of carbonyl (C=O) groups is 2. The van der Waals surface area contributed by atoms with E-state index in [2.05, 4.69) is 12.2 Å². The van der Waals surface area contributed by atoms with E-state index in [0.717, 1.165) is 12.8 Å². The van der Waals surface area contributed by atoms with Gasteiger partial charge in [0, 0.05) is 12.5 Å². The summed E-state index contributed by atoms with van der Waals surface area (Å²) in [6, 6.07) is -0.301. The van der Waals surface area contributed by atoms with Crippen LogP contribution in [-0.2, 0) is 9.59 Å². The van der Waals surface area contributed by atoms with Gasteiger partial charge < -0.3 is 16.2 Å². The molecule has 2 atom stereocenters. The van der Waals surface area contributed by atoms with Crippen LogP contribution in [0.15, 0.2) is 0 Å². The van der Waals surface area contributed by atoms with E-state index < -0.39 is 5.97 Å². The zero-order valence-electron chi connectivity index (χ0n) is 13.2. The molecule has 0 rings (SSSR count). The maximum absolute atomic E-state index is 11.9. The predicted octanol–water partition coefficient (Wildman–Crippen LogP) is 2.15. The van der Waals surface area contributed by atoms with E-state index in [4.69, 9.17) is 10.8 Å². The molecule has 0 aliphatic heterocycles. The van der Waals surface area contributed by atoms with E-state index in [-0.39, 0.29) is 23.8 Å². The highest BCUT2D eigenvalue weighted by atomic mass is 16.4. The molecule has 0 fully saturated rings. The van der Waals surface area contributed by atoms with Crippen LogP contribution < -0.4 is 11.1 Å². The highest BCUT2D eigenvalue weighted by Crippen LogP contribution is 2.22. The topological polar surface area (TPSA) is 92.4 Å². The number of carboxylic acid groups (broad SMARTS) is 1. The summed E-state index contributed by atoms with van der Waals surface area (Å²) < 4.78 is 0. The van der Waals surface area contributed by atoms with Crippen molar-refractivity contribution in [2.75, 3.05) is 6.54 Å². The van der Waals surface area contributed by atoms with E-state index in [1.165, 1.54) is 0 Å². The first kappa shape index (κ1) is 18.9. The van der Waals surface area contributed by atoms with Crippen LogP contribution in [0.2, 0.25) is 0 Å². The predicted molar refractivity (Wildman–Crippen MR) is 80.3 cm³/mol. The lowest BCUT2D eigenvalue weighted by atomic mass is 9.87. The van der Waals surface area contributed by atoms with Gasteiger partial charge in [0.05, 0.1) is 6.42 Å². The van der Waals surface area contributed by atoms with Crippen molar-refractivity contribution in [3.05, 3.63) is 0 Å². The van der Waals surface area contributed by atoms with Gasteiger partial charge in [-0.1, -0.05) is 27.7 Å². The number of amides is 1. The SMILES string of the molecule is CC(CCN)CCC(=O)NC(CC(=O)O)CC(C)(C)C. The van der Waals surface area contributed by atoms with Crippen LogP contribution in [-0.4, -0.2) is 29.6 Å². The molecule has 0 aliphatic rings. The van der Waals surface area contributed by atoms with Crippen LogP contribution in [0.25, 0.3) is 0 Å². The van der Waals surface area contributed by atoms with E-state index in [1.54, 1.807) is 0 Å². The molecular formula is C15H30N2O3. The Balaban J connectivity index is 4.28. The van der Waals surface area contributed by atoms with Crippen molar-refractivity contribution >= 4 is 11.9 Å². The highest BCUT2D eigenvalue weighted by Gasteiger charge is 2.22. The monoisotopic (exact) mass is 286 g/mol. The summed E-state index contributed by atoms with van der Waals surface area (Å²) in [6.45, 7) is 8.82. The zero-order valence-corrected chi connectivity index (χ0v) is 13.2. The second kappa shape index (κ2) is 8.95. The highest BCUT2D eigenvalue weighted by molar-refractivity contribution is 5.77. The number of nitrogens with one attached hydrogen (secondary N) is 1. The Bertz CT molecular complexity index is 311. The van der Waals surface area contributed by atoms with Crippen molar-refractivity contribution in [3.63, 3.8) is 0 Å². The average molecular weight is 286 g/mol. The smallest absolute Gasteiger partial charge is 0.305 e. The van der Waals surface area contributed by atoms with Gasteiger partial charge in [0.1, 0.15) is 0 Å². The van der Waals surface area contributed by atoms with Crippen molar-refractivity contribution in [3.8, 4) is 0 Å². The number of hydrogen-bond donors (Lipinski definition) is 3. The molecule has 118 valence electrons. The van der Waals surface area contributed by atoms with Crippen molar-refractivity contribution in [2.45, 2.75) is 65.8 Å². The van der Waals surface area contributed by atoms with Gasteiger partial charge >= 0.3 is 5.97 Å². The Morgan fingerprint density at radius 1 is 1.25 bits per heavy atom. The third kappa shape index (κ3) is 10.8. The molecule has 0 aromatic rings. The van der Waals surface area contributed by atoms with Gasteiger partial charge in [0.15, 0.2) is 0 Å². The minimum Gasteiger partial charge on any atom is -0.481 e. The average Bonchev–Trinajstić information content (AvgIpc) is 2.23. The van der Waals surface area contributed by atoms with E-state index in [1.807, 2.05) is 20.8 Å². The summed E-state index contributed by atoms with van der Waals surface area (Å²) in [4.78, 5) is 22.8. The molecule has 2 unspecified atom stereocenters. The molecule has 20 heavy (non-hydrogen) atoms. The summed E-state index contributed by atoms with van der Waals surface area (Å²) in [6.07, 6.45) is 2.76. The fourth-order valence-electron chi connectivity index (χ4n) is 2.23. The van der Waals surface area contributed by atoms with E-state index in [0.29, 0.717) is 25.3 Å². The molecule has 0 spiro atoms. The molecule has 0 bridgehead atoms. The van der Waals surface area contributed by atoms with E-state index in [9.17, 15) is 9.59 Å². The quantitative estimate of drug-likeness (QED) is 0.605. The van der Waals surface area contributed by atoms with Gasteiger partial charge in [-0.2, -0.15) is 0 Å². The molecule has 0 aromatic heterocycles. The first-order valence-corrected chi connectivity index (χ1v) is 7.35. The van der Waals surface area contributed by atoms with Crippen LogP contribution in [0.5, 0.6) is 0 Å². The summed E-state index contributed by atoms with van der Waals surface area (Å²) >= 11 is 0. The first-order valence-electron chi connectivity index (χ1n) is 7.35. The Hall–Kier alpha value is -1.10. The van der Waals surface area contributed by atoms with Crippen LogP contribution in [0.3, 0.4) is 0 Å². The van der Waals surface area contributed by atoms with Gasteiger partial charge in [-0.25, -0.2) is 0 Å². The molecule has 4 N–H and O–H groups in total. The molecule has 0 aliphatic carbocycles. The maximum atomic E-state index is 11.9. The molecule has 0 heterocycles. The number of hydrogen-bond acceptors (Lipinski definition) is 3. The van der Waals surface area contributed by atoms with Gasteiger partial charge in [-0.15, -0.1) is 0 Å². The minimum atomic E-state index is -0.879. The summed E-state index contributed by atoms with van der Waals surface area (Å²) in [7, 11) is 0. The largest absolute Gasteiger partial charge is 0.481 e. The fraction of sp³-hybridized carbons (Fsp3) is 0.867. The third-order valence-corrected chi connectivity index (χ3v) is 3.17. The second-order valence-electron chi connectivity index (χ2n) is 6.85. The van der Waals surface area contributed by atoms with Gasteiger partial charge in [-0.05, 0) is 37.1 Å². The van der Waals surface area contributed by atoms with Crippen LogP contribution in [0.4, 0.5) is 0 Å². The van der Waals surface area contributed by atoms with Gasteiger partial charge in [-0.3, -0.25) is 9.59 Å². The molecule has 0 aromatic carbocycles. The Kier molecular flexibility index (Phi) is 8.46. The first-order chi connectivity index (χ1) is 9.14. The molecule has 1 amide bonds. The summed E-state index contributed by atoms with van der Waals surface area (Å²) in [5.74, 6) is -0.522. The molecular weight excluding hydrogens is 256 g/mol. The van der Waals surface area contributed by atoms with Crippen LogP contribution >= 0.6 is 0 Å². The zero-order chi connectivity index (χ0) is 15.8. The Morgan fingerprint density at radius 2 is 1.85 bits per heavy atom. The molecule has 0 saturated carbocycles. The number of aliphatic carboxylic acids is 1. The van der Waals surface area contributed by atoms with Crippen molar-refractivity contribution in [1.82, 2.24) is 5.32 Å². The fourth-order valence-corrected chi connectivity index (χ4v) is 2.23. The molecule has 0 saturated heterocycles. The third-order valence-electron chi connectivity index (χ3n) is 3.17. The van der Waals surface area contributed by atoms with Crippen LogP contribution in [0.1, 0.15) is 59.8 Å². The molecule has 0 radical (unpaired) electrons. The van der Waals surface area contributed by atoms with Crippen molar-refractivity contribution in [2.24, 2.45) is 17.1 Å². The van der Waals surface area contributed by atoms with Crippen LogP contribution in [0, 0.1) is 11.3 Å².